The van der Waals surface area contributed by atoms with Crippen molar-refractivity contribution in [2.45, 2.75) is 31.3 Å². The first-order valence-electron chi connectivity index (χ1n) is 8.01. The molecule has 2 fully saturated rings. The molecule has 0 aromatic heterocycles. The Kier molecular flexibility index (Phi) is 3.61. The zero-order chi connectivity index (χ0) is 16.9. The molecule has 0 bridgehead atoms. The molecule has 0 unspecified atom stereocenters. The molecule has 24 heavy (non-hydrogen) atoms. The summed E-state index contributed by atoms with van der Waals surface area (Å²) < 4.78 is 34.7. The fourth-order valence-corrected chi connectivity index (χ4v) is 3.79. The number of hydrogen-bond donors (Lipinski definition) is 3. The van der Waals surface area contributed by atoms with E-state index in [-0.39, 0.29) is 23.1 Å². The molecular weight excluding hydrogens is 322 g/mol. The quantitative estimate of drug-likeness (QED) is 0.751. The van der Waals surface area contributed by atoms with Gasteiger partial charge in [-0.2, -0.15) is 0 Å². The zero-order valence-corrected chi connectivity index (χ0v) is 12.8. The summed E-state index contributed by atoms with van der Waals surface area (Å²) in [5, 5.41) is 16.4. The van der Waals surface area contributed by atoms with Crippen molar-refractivity contribution in [3.8, 4) is 11.5 Å². The van der Waals surface area contributed by atoms with Crippen molar-refractivity contribution in [2.75, 3.05) is 13.1 Å². The highest BCUT2D eigenvalue weighted by atomic mass is 19.3. The van der Waals surface area contributed by atoms with E-state index in [0.717, 1.165) is 13.1 Å². The number of benzene rings is 1. The van der Waals surface area contributed by atoms with E-state index in [0.29, 0.717) is 24.7 Å². The molecular formula is C16H18F2N2O4. The number of aliphatic hydroxyl groups is 1. The standard InChI is InChI=1S/C16H18F2N2O4/c17-16(18)23-13-2-1-8(5-14(13)24-16)15(22)20-11-3-9-6-19-7-10(9)4-12(11)21/h1-2,5,9-12,19,21H,3-4,6-7H2,(H,20,22)/t9-,10+,11-,12-/m0/s1. The van der Waals surface area contributed by atoms with Gasteiger partial charge in [-0.05, 0) is 56.0 Å². The number of aliphatic hydroxyl groups excluding tert-OH is 1. The van der Waals surface area contributed by atoms with Gasteiger partial charge in [-0.15, -0.1) is 8.78 Å². The number of carbonyl (C=O) groups is 1. The van der Waals surface area contributed by atoms with Crippen molar-refractivity contribution in [3.63, 3.8) is 0 Å². The summed E-state index contributed by atoms with van der Waals surface area (Å²) in [6.07, 6.45) is -2.96. The van der Waals surface area contributed by atoms with Crippen LogP contribution in [0, 0.1) is 11.8 Å². The predicted octanol–water partition coefficient (Wildman–Crippen LogP) is 1.10. The van der Waals surface area contributed by atoms with Crippen LogP contribution in [-0.2, 0) is 0 Å². The molecule has 6 nitrogen and oxygen atoms in total. The number of carbonyl (C=O) groups excluding carboxylic acids is 1. The Labute approximate surface area is 137 Å². The van der Waals surface area contributed by atoms with Crippen LogP contribution >= 0.6 is 0 Å². The van der Waals surface area contributed by atoms with E-state index in [1.807, 2.05) is 0 Å². The van der Waals surface area contributed by atoms with Crippen molar-refractivity contribution in [3.05, 3.63) is 23.8 Å². The van der Waals surface area contributed by atoms with Gasteiger partial charge in [0.15, 0.2) is 11.5 Å². The maximum absolute atomic E-state index is 13.0. The first kappa shape index (κ1) is 15.6. The van der Waals surface area contributed by atoms with Gasteiger partial charge in [0, 0.05) is 5.56 Å². The highest BCUT2D eigenvalue weighted by Crippen LogP contribution is 2.41. The Hall–Kier alpha value is -1.93. The molecule has 1 aromatic carbocycles. The van der Waals surface area contributed by atoms with E-state index in [4.69, 9.17) is 0 Å². The molecule has 3 aliphatic rings. The molecule has 1 amide bonds. The molecule has 0 spiro atoms. The van der Waals surface area contributed by atoms with Crippen LogP contribution < -0.4 is 20.1 Å². The molecule has 2 heterocycles. The highest BCUT2D eigenvalue weighted by molar-refractivity contribution is 5.95. The van der Waals surface area contributed by atoms with Crippen LogP contribution in [0.15, 0.2) is 18.2 Å². The van der Waals surface area contributed by atoms with E-state index in [1.165, 1.54) is 18.2 Å². The molecule has 3 N–H and O–H groups in total. The van der Waals surface area contributed by atoms with Gasteiger partial charge in [0.1, 0.15) is 0 Å². The van der Waals surface area contributed by atoms with Crippen LogP contribution in [-0.4, -0.2) is 42.5 Å². The number of alkyl halides is 2. The molecule has 1 saturated heterocycles. The average molecular weight is 340 g/mol. The second kappa shape index (κ2) is 5.56. The Morgan fingerprint density at radius 3 is 2.71 bits per heavy atom. The van der Waals surface area contributed by atoms with Crippen LogP contribution in [0.3, 0.4) is 0 Å². The summed E-state index contributed by atoms with van der Waals surface area (Å²) >= 11 is 0. The third-order valence-electron chi connectivity index (χ3n) is 5.03. The second-order valence-corrected chi connectivity index (χ2v) is 6.63. The van der Waals surface area contributed by atoms with Gasteiger partial charge in [0.2, 0.25) is 0 Å². The first-order chi connectivity index (χ1) is 11.4. The third kappa shape index (κ3) is 2.80. The monoisotopic (exact) mass is 340 g/mol. The Balaban J connectivity index is 1.45. The van der Waals surface area contributed by atoms with Gasteiger partial charge in [0.25, 0.3) is 5.91 Å². The number of rotatable bonds is 2. The zero-order valence-electron chi connectivity index (χ0n) is 12.8. The highest BCUT2D eigenvalue weighted by Gasteiger charge is 2.44. The lowest BCUT2D eigenvalue weighted by Gasteiger charge is -2.35. The van der Waals surface area contributed by atoms with Gasteiger partial charge in [-0.3, -0.25) is 4.79 Å². The van der Waals surface area contributed by atoms with Crippen LogP contribution in [0.25, 0.3) is 0 Å². The molecule has 1 aliphatic carbocycles. The molecule has 2 aliphatic heterocycles. The van der Waals surface area contributed by atoms with E-state index < -0.39 is 18.3 Å². The number of fused-ring (bicyclic) bond motifs is 2. The van der Waals surface area contributed by atoms with Gasteiger partial charge >= 0.3 is 6.29 Å². The van der Waals surface area contributed by atoms with Crippen LogP contribution in [0.4, 0.5) is 8.78 Å². The molecule has 4 atom stereocenters. The van der Waals surface area contributed by atoms with Gasteiger partial charge < -0.3 is 25.2 Å². The van der Waals surface area contributed by atoms with Crippen molar-refractivity contribution < 1.29 is 28.2 Å². The number of ether oxygens (including phenoxy) is 2. The third-order valence-corrected chi connectivity index (χ3v) is 5.03. The maximum Gasteiger partial charge on any atom is 0.586 e. The molecule has 1 aromatic rings. The lowest BCUT2D eigenvalue weighted by atomic mass is 9.77. The van der Waals surface area contributed by atoms with Crippen molar-refractivity contribution in [1.82, 2.24) is 10.6 Å². The molecule has 1 saturated carbocycles. The summed E-state index contributed by atoms with van der Waals surface area (Å²) in [7, 11) is 0. The molecule has 130 valence electrons. The SMILES string of the molecule is O=C(N[C@H]1C[C@H]2CNC[C@H]2C[C@@H]1O)c1ccc2c(c1)OC(F)(F)O2. The summed E-state index contributed by atoms with van der Waals surface area (Å²) in [6, 6.07) is 3.55. The van der Waals surface area contributed by atoms with Crippen molar-refractivity contribution in [1.29, 1.82) is 0 Å². The fourth-order valence-electron chi connectivity index (χ4n) is 3.79. The summed E-state index contributed by atoms with van der Waals surface area (Å²) in [5.74, 6) is 0.186. The first-order valence-corrected chi connectivity index (χ1v) is 8.01. The van der Waals surface area contributed by atoms with Gasteiger partial charge in [-0.25, -0.2) is 0 Å². The molecule has 0 radical (unpaired) electrons. The molecule has 4 rings (SSSR count). The van der Waals surface area contributed by atoms with Gasteiger partial charge in [0.05, 0.1) is 12.1 Å². The minimum absolute atomic E-state index is 0.103. The Morgan fingerprint density at radius 1 is 1.21 bits per heavy atom. The lowest BCUT2D eigenvalue weighted by Crippen LogP contribution is -2.49. The maximum atomic E-state index is 13.0. The minimum atomic E-state index is -3.71. The Morgan fingerprint density at radius 2 is 1.92 bits per heavy atom. The van der Waals surface area contributed by atoms with E-state index >= 15 is 0 Å². The number of hydrogen-bond acceptors (Lipinski definition) is 5. The van der Waals surface area contributed by atoms with Crippen LogP contribution in [0.5, 0.6) is 11.5 Å². The predicted molar refractivity (Wildman–Crippen MR) is 79.0 cm³/mol. The lowest BCUT2D eigenvalue weighted by molar-refractivity contribution is -0.286. The fraction of sp³-hybridized carbons (Fsp3) is 0.562. The normalized spacial score (nSPS) is 33.1. The van der Waals surface area contributed by atoms with Crippen LogP contribution in [0.1, 0.15) is 23.2 Å². The summed E-state index contributed by atoms with van der Waals surface area (Å²) in [6.45, 7) is 1.79. The van der Waals surface area contributed by atoms with E-state index in [9.17, 15) is 18.7 Å². The van der Waals surface area contributed by atoms with Crippen molar-refractivity contribution in [2.24, 2.45) is 11.8 Å². The number of nitrogens with one attached hydrogen (secondary N) is 2. The Bertz CT molecular complexity index is 669. The molecule has 8 heteroatoms. The largest absolute Gasteiger partial charge is 0.586 e. The summed E-state index contributed by atoms with van der Waals surface area (Å²) in [4.78, 5) is 12.4. The van der Waals surface area contributed by atoms with Crippen molar-refractivity contribution >= 4 is 5.91 Å². The minimum Gasteiger partial charge on any atom is -0.395 e. The van der Waals surface area contributed by atoms with Gasteiger partial charge in [-0.1, -0.05) is 0 Å². The summed E-state index contributed by atoms with van der Waals surface area (Å²) in [5.41, 5.74) is 0.189. The van der Waals surface area contributed by atoms with Crippen LogP contribution in [0.2, 0.25) is 0 Å². The van der Waals surface area contributed by atoms with E-state index in [2.05, 4.69) is 20.1 Å². The number of halogens is 2. The smallest absolute Gasteiger partial charge is 0.395 e. The number of amides is 1. The second-order valence-electron chi connectivity index (χ2n) is 6.63. The average Bonchev–Trinajstić information content (AvgIpc) is 3.08. The van der Waals surface area contributed by atoms with E-state index in [1.54, 1.807) is 0 Å². The topological polar surface area (TPSA) is 79.8 Å².